The maximum Gasteiger partial charge on any atom is 0.314 e. The Kier molecular flexibility index (Phi) is 3.58. The lowest BCUT2D eigenvalue weighted by molar-refractivity contribution is 0.391. The highest BCUT2D eigenvalue weighted by atomic mass is 32.2. The van der Waals surface area contributed by atoms with Gasteiger partial charge >= 0.3 is 11.1 Å². The number of fused-ring (bicyclic) bond motifs is 4. The summed E-state index contributed by atoms with van der Waals surface area (Å²) in [5.41, 5.74) is 2.11. The number of hydrogen-bond donors (Lipinski definition) is 3. The molecule has 5 rings (SSSR count). The molecule has 1 aliphatic heterocycles. The van der Waals surface area contributed by atoms with Crippen LogP contribution in [0.15, 0.2) is 56.9 Å². The summed E-state index contributed by atoms with van der Waals surface area (Å²) in [4.78, 5) is 31.3. The number of sulfonamides is 1. The molecule has 0 radical (unpaired) electrons. The van der Waals surface area contributed by atoms with Crippen LogP contribution >= 0.6 is 0 Å². The average Bonchev–Trinajstić information content (AvgIpc) is 3.06. The third-order valence-corrected chi connectivity index (χ3v) is 7.02. The van der Waals surface area contributed by atoms with Crippen LogP contribution in [0.2, 0.25) is 0 Å². The van der Waals surface area contributed by atoms with E-state index in [2.05, 4.69) is 15.0 Å². The van der Waals surface area contributed by atoms with Gasteiger partial charge in [-0.25, -0.2) is 8.42 Å². The van der Waals surface area contributed by atoms with Crippen LogP contribution in [0.25, 0.3) is 21.9 Å². The summed E-state index contributed by atoms with van der Waals surface area (Å²) in [5, 5.41) is 1.03. The van der Waals surface area contributed by atoms with Crippen molar-refractivity contribution in [2.45, 2.75) is 17.9 Å². The highest BCUT2D eigenvalue weighted by Crippen LogP contribution is 2.30. The Hall–Kier alpha value is -3.17. The van der Waals surface area contributed by atoms with Gasteiger partial charge in [0.2, 0.25) is 10.0 Å². The summed E-state index contributed by atoms with van der Waals surface area (Å²) in [6, 6.07) is 12.2. The van der Waals surface area contributed by atoms with Crippen molar-refractivity contribution in [3.05, 3.63) is 74.4 Å². The summed E-state index contributed by atoms with van der Waals surface area (Å²) in [6.07, 6.45) is 0.598. The molecule has 1 aliphatic rings. The number of para-hydroxylation sites is 1. The van der Waals surface area contributed by atoms with Gasteiger partial charge in [-0.05, 0) is 29.8 Å². The number of H-pyrrole nitrogens is 3. The van der Waals surface area contributed by atoms with Gasteiger partial charge in [0.25, 0.3) is 0 Å². The van der Waals surface area contributed by atoms with Crippen LogP contribution in [0, 0.1) is 0 Å². The standard InChI is InChI=1S/C19H16N4O4S/c24-18-19(25)22-17-9-11(5-6-16(17)21-18)28(26,27)23-8-7-15-13(10-23)12-3-1-2-4-14(12)20-15/h1-6,9,20H,7-8,10H2,(H,21,24)(H,22,25). The third kappa shape index (κ3) is 2.51. The van der Waals surface area contributed by atoms with E-state index < -0.39 is 21.1 Å². The van der Waals surface area contributed by atoms with Gasteiger partial charge in [-0.2, -0.15) is 4.31 Å². The normalized spacial score (nSPS) is 15.1. The second-order valence-corrected chi connectivity index (χ2v) is 8.77. The molecule has 0 amide bonds. The molecule has 0 saturated heterocycles. The minimum Gasteiger partial charge on any atom is -0.358 e. The molecule has 4 aromatic rings. The molecule has 0 bridgehead atoms. The fraction of sp³-hybridized carbons (Fsp3) is 0.158. The van der Waals surface area contributed by atoms with Gasteiger partial charge in [-0.1, -0.05) is 18.2 Å². The predicted molar refractivity (Wildman–Crippen MR) is 105 cm³/mol. The first-order chi connectivity index (χ1) is 13.4. The van der Waals surface area contributed by atoms with Crippen molar-refractivity contribution in [2.24, 2.45) is 0 Å². The van der Waals surface area contributed by atoms with E-state index in [-0.39, 0.29) is 17.0 Å². The second kappa shape index (κ2) is 5.91. The van der Waals surface area contributed by atoms with Gasteiger partial charge in [0.05, 0.1) is 15.9 Å². The first-order valence-corrected chi connectivity index (χ1v) is 10.2. The van der Waals surface area contributed by atoms with Gasteiger partial charge in [-0.3, -0.25) is 9.59 Å². The first kappa shape index (κ1) is 17.0. The number of aromatic amines is 3. The monoisotopic (exact) mass is 396 g/mol. The Balaban J connectivity index is 1.57. The molecule has 0 fully saturated rings. The van der Waals surface area contributed by atoms with Crippen molar-refractivity contribution < 1.29 is 8.42 Å². The van der Waals surface area contributed by atoms with E-state index in [0.717, 1.165) is 22.2 Å². The highest BCUT2D eigenvalue weighted by molar-refractivity contribution is 7.89. The maximum absolute atomic E-state index is 13.2. The maximum atomic E-state index is 13.2. The zero-order chi connectivity index (χ0) is 19.5. The summed E-state index contributed by atoms with van der Waals surface area (Å²) in [6.45, 7) is 0.643. The molecular weight excluding hydrogens is 380 g/mol. The van der Waals surface area contributed by atoms with Gasteiger partial charge in [0.1, 0.15) is 0 Å². The van der Waals surface area contributed by atoms with Crippen molar-refractivity contribution in [1.29, 1.82) is 0 Å². The number of hydrogen-bond acceptors (Lipinski definition) is 4. The molecule has 142 valence electrons. The fourth-order valence-corrected chi connectivity index (χ4v) is 5.19. The minimum absolute atomic E-state index is 0.0750. The van der Waals surface area contributed by atoms with Crippen molar-refractivity contribution >= 4 is 32.0 Å². The lowest BCUT2D eigenvalue weighted by atomic mass is 10.1. The van der Waals surface area contributed by atoms with Crippen molar-refractivity contribution in [3.63, 3.8) is 0 Å². The molecule has 0 aliphatic carbocycles. The number of rotatable bonds is 2. The molecule has 28 heavy (non-hydrogen) atoms. The Morgan fingerprint density at radius 2 is 1.61 bits per heavy atom. The molecule has 9 heteroatoms. The Bertz CT molecular complexity index is 1460. The predicted octanol–water partition coefficient (Wildman–Crippen LogP) is 1.44. The Labute approximate surface area is 158 Å². The molecule has 0 saturated carbocycles. The van der Waals surface area contributed by atoms with E-state index >= 15 is 0 Å². The highest BCUT2D eigenvalue weighted by Gasteiger charge is 2.30. The van der Waals surface area contributed by atoms with E-state index in [9.17, 15) is 18.0 Å². The van der Waals surface area contributed by atoms with Gasteiger partial charge in [-0.15, -0.1) is 0 Å². The second-order valence-electron chi connectivity index (χ2n) is 6.83. The minimum atomic E-state index is -3.76. The van der Waals surface area contributed by atoms with Crippen LogP contribution in [0.4, 0.5) is 0 Å². The fourth-order valence-electron chi connectivity index (χ4n) is 3.75. The largest absolute Gasteiger partial charge is 0.358 e. The number of benzene rings is 2. The van der Waals surface area contributed by atoms with Crippen LogP contribution in [0.1, 0.15) is 11.3 Å². The number of aromatic nitrogens is 3. The van der Waals surface area contributed by atoms with E-state index in [1.807, 2.05) is 24.3 Å². The summed E-state index contributed by atoms with van der Waals surface area (Å²) in [7, 11) is -3.76. The molecule has 3 heterocycles. The topological polar surface area (TPSA) is 119 Å². The van der Waals surface area contributed by atoms with Crippen molar-refractivity contribution in [3.8, 4) is 0 Å². The smallest absolute Gasteiger partial charge is 0.314 e. The average molecular weight is 396 g/mol. The van der Waals surface area contributed by atoms with E-state index in [4.69, 9.17) is 0 Å². The first-order valence-electron chi connectivity index (χ1n) is 8.78. The lowest BCUT2D eigenvalue weighted by Gasteiger charge is -2.26. The molecule has 2 aromatic carbocycles. The Morgan fingerprint density at radius 3 is 2.43 bits per heavy atom. The third-order valence-electron chi connectivity index (χ3n) is 5.18. The van der Waals surface area contributed by atoms with Crippen LogP contribution in [0.5, 0.6) is 0 Å². The van der Waals surface area contributed by atoms with Crippen molar-refractivity contribution in [2.75, 3.05) is 6.54 Å². The molecule has 8 nitrogen and oxygen atoms in total. The van der Waals surface area contributed by atoms with Gasteiger partial charge in [0, 0.05) is 36.1 Å². The van der Waals surface area contributed by atoms with E-state index in [1.54, 1.807) is 0 Å². The molecule has 0 atom stereocenters. The zero-order valence-corrected chi connectivity index (χ0v) is 15.5. The quantitative estimate of drug-likeness (QED) is 0.444. The zero-order valence-electron chi connectivity index (χ0n) is 14.7. The summed E-state index contributed by atoms with van der Waals surface area (Å²) >= 11 is 0. The SMILES string of the molecule is O=c1[nH]c2ccc(S(=O)(=O)N3CCc4[nH]c5ccccc5c4C3)cc2[nH]c1=O. The van der Waals surface area contributed by atoms with Crippen molar-refractivity contribution in [1.82, 2.24) is 19.3 Å². The van der Waals surface area contributed by atoms with Crippen LogP contribution < -0.4 is 11.1 Å². The summed E-state index contributed by atoms with van der Waals surface area (Å²) < 4.78 is 27.8. The van der Waals surface area contributed by atoms with Gasteiger partial charge in [0.15, 0.2) is 0 Å². The number of nitrogens with zero attached hydrogens (tertiary/aromatic N) is 1. The van der Waals surface area contributed by atoms with E-state index in [0.29, 0.717) is 18.5 Å². The van der Waals surface area contributed by atoms with Crippen LogP contribution in [-0.4, -0.2) is 34.2 Å². The molecule has 0 spiro atoms. The van der Waals surface area contributed by atoms with Crippen LogP contribution in [-0.2, 0) is 23.0 Å². The van der Waals surface area contributed by atoms with Crippen LogP contribution in [0.3, 0.4) is 0 Å². The molecule has 0 unspecified atom stereocenters. The van der Waals surface area contributed by atoms with Gasteiger partial charge < -0.3 is 15.0 Å². The number of nitrogens with one attached hydrogen (secondary N) is 3. The van der Waals surface area contributed by atoms with E-state index in [1.165, 1.54) is 22.5 Å². The molecular formula is C19H16N4O4S. The molecule has 3 N–H and O–H groups in total. The molecule has 2 aromatic heterocycles. The lowest BCUT2D eigenvalue weighted by Crippen LogP contribution is -2.36. The Morgan fingerprint density at radius 1 is 0.857 bits per heavy atom. The summed E-state index contributed by atoms with van der Waals surface area (Å²) in [5.74, 6) is 0.